The number of nitrogens with two attached hydrogens (primary N) is 1. The molecule has 0 radical (unpaired) electrons. The van der Waals surface area contributed by atoms with E-state index in [1.165, 1.54) is 4.88 Å². The fourth-order valence-corrected chi connectivity index (χ4v) is 2.18. The highest BCUT2D eigenvalue weighted by atomic mass is 32.1. The molecule has 17 heavy (non-hydrogen) atoms. The third-order valence-corrected chi connectivity index (χ3v) is 3.24. The predicted octanol–water partition coefficient (Wildman–Crippen LogP) is 3.06. The monoisotopic (exact) mass is 249 g/mol. The van der Waals surface area contributed by atoms with Gasteiger partial charge in [0, 0.05) is 22.2 Å². The lowest BCUT2D eigenvalue weighted by atomic mass is 10.2. The molecule has 0 saturated carbocycles. The van der Waals surface area contributed by atoms with Crippen molar-refractivity contribution in [1.29, 1.82) is 0 Å². The summed E-state index contributed by atoms with van der Waals surface area (Å²) in [7, 11) is 1.64. The molecule has 0 atom stereocenters. The minimum Gasteiger partial charge on any atom is -0.496 e. The molecule has 4 heteroatoms. The fraction of sp³-hybridized carbons (Fsp3) is 0.231. The van der Waals surface area contributed by atoms with Crippen LogP contribution < -0.4 is 10.5 Å². The maximum Gasteiger partial charge on any atom is 0.126 e. The number of rotatable bonds is 5. The first kappa shape index (κ1) is 12.0. The number of thiophene rings is 1. The van der Waals surface area contributed by atoms with Crippen molar-refractivity contribution in [2.45, 2.75) is 13.2 Å². The largest absolute Gasteiger partial charge is 0.496 e. The Kier molecular flexibility index (Phi) is 4.01. The molecule has 0 saturated heterocycles. The molecule has 3 nitrogen and oxygen atoms in total. The van der Waals surface area contributed by atoms with Gasteiger partial charge in [-0.2, -0.15) is 0 Å². The average molecular weight is 249 g/mol. The van der Waals surface area contributed by atoms with Gasteiger partial charge in [-0.3, -0.25) is 0 Å². The number of nitrogen functional groups attached to an aromatic ring is 1. The van der Waals surface area contributed by atoms with Crippen molar-refractivity contribution in [3.05, 3.63) is 46.2 Å². The first-order chi connectivity index (χ1) is 8.29. The van der Waals surface area contributed by atoms with Crippen molar-refractivity contribution in [2.24, 2.45) is 0 Å². The van der Waals surface area contributed by atoms with Gasteiger partial charge < -0.3 is 15.2 Å². The van der Waals surface area contributed by atoms with Crippen LogP contribution in [0.3, 0.4) is 0 Å². The van der Waals surface area contributed by atoms with Crippen LogP contribution in [0.1, 0.15) is 10.4 Å². The summed E-state index contributed by atoms with van der Waals surface area (Å²) in [6, 6.07) is 9.68. The Morgan fingerprint density at radius 1 is 1.24 bits per heavy atom. The van der Waals surface area contributed by atoms with E-state index in [-0.39, 0.29) is 0 Å². The van der Waals surface area contributed by atoms with Crippen LogP contribution in [0.25, 0.3) is 0 Å². The molecule has 1 aromatic heterocycles. The van der Waals surface area contributed by atoms with Crippen LogP contribution in [0, 0.1) is 0 Å². The second kappa shape index (κ2) is 5.70. The summed E-state index contributed by atoms with van der Waals surface area (Å²) in [6.45, 7) is 1.16. The molecule has 0 bridgehead atoms. The Labute approximate surface area is 105 Å². The molecular formula is C13H15NO2S. The van der Waals surface area contributed by atoms with Crippen molar-refractivity contribution in [3.63, 3.8) is 0 Å². The maximum absolute atomic E-state index is 5.69. The number of hydrogen-bond donors (Lipinski definition) is 1. The first-order valence-electron chi connectivity index (χ1n) is 5.32. The van der Waals surface area contributed by atoms with Gasteiger partial charge in [-0.15, -0.1) is 11.3 Å². The van der Waals surface area contributed by atoms with Crippen LogP contribution in [0.5, 0.6) is 5.75 Å². The van der Waals surface area contributed by atoms with Crippen LogP contribution >= 0.6 is 11.3 Å². The SMILES string of the molecule is COc1cc(N)ccc1COCc1cccs1. The van der Waals surface area contributed by atoms with Crippen LogP contribution in [0.4, 0.5) is 5.69 Å². The number of methoxy groups -OCH3 is 1. The predicted molar refractivity (Wildman–Crippen MR) is 70.2 cm³/mol. The van der Waals surface area contributed by atoms with Gasteiger partial charge in [-0.25, -0.2) is 0 Å². The van der Waals surface area contributed by atoms with Crippen molar-refractivity contribution >= 4 is 17.0 Å². The zero-order valence-corrected chi connectivity index (χ0v) is 10.5. The van der Waals surface area contributed by atoms with Crippen molar-refractivity contribution < 1.29 is 9.47 Å². The van der Waals surface area contributed by atoms with Gasteiger partial charge >= 0.3 is 0 Å². The third kappa shape index (κ3) is 3.22. The lowest BCUT2D eigenvalue weighted by Gasteiger charge is -2.09. The summed E-state index contributed by atoms with van der Waals surface area (Å²) >= 11 is 1.69. The Balaban J connectivity index is 1.94. The molecule has 2 rings (SSSR count). The number of benzene rings is 1. The van der Waals surface area contributed by atoms with Gasteiger partial charge in [0.25, 0.3) is 0 Å². The van der Waals surface area contributed by atoms with E-state index in [0.717, 1.165) is 11.3 Å². The van der Waals surface area contributed by atoms with Crippen LogP contribution in [-0.2, 0) is 18.0 Å². The molecule has 1 aromatic carbocycles. The van der Waals surface area contributed by atoms with Gasteiger partial charge in [0.1, 0.15) is 5.75 Å². The Bertz CT molecular complexity index is 468. The quantitative estimate of drug-likeness (QED) is 0.828. The minimum absolute atomic E-state index is 0.529. The zero-order chi connectivity index (χ0) is 12.1. The lowest BCUT2D eigenvalue weighted by Crippen LogP contribution is -1.97. The summed E-state index contributed by atoms with van der Waals surface area (Å²) in [6.07, 6.45) is 0. The fourth-order valence-electron chi connectivity index (χ4n) is 1.54. The molecule has 2 aromatic rings. The van der Waals surface area contributed by atoms with E-state index in [4.69, 9.17) is 15.2 Å². The maximum atomic E-state index is 5.69. The average Bonchev–Trinajstić information content (AvgIpc) is 2.84. The lowest BCUT2D eigenvalue weighted by molar-refractivity contribution is 0.107. The zero-order valence-electron chi connectivity index (χ0n) is 9.68. The van der Waals surface area contributed by atoms with Gasteiger partial charge in [0.15, 0.2) is 0 Å². The Morgan fingerprint density at radius 2 is 2.12 bits per heavy atom. The van der Waals surface area contributed by atoms with Gasteiger partial charge in [-0.05, 0) is 17.5 Å². The van der Waals surface area contributed by atoms with E-state index < -0.39 is 0 Å². The van der Waals surface area contributed by atoms with Crippen LogP contribution in [-0.4, -0.2) is 7.11 Å². The highest BCUT2D eigenvalue weighted by Crippen LogP contribution is 2.22. The van der Waals surface area contributed by atoms with Crippen molar-refractivity contribution in [2.75, 3.05) is 12.8 Å². The third-order valence-electron chi connectivity index (χ3n) is 2.39. The van der Waals surface area contributed by atoms with Crippen LogP contribution in [0.2, 0.25) is 0 Å². The molecular weight excluding hydrogens is 234 g/mol. The molecule has 90 valence electrons. The topological polar surface area (TPSA) is 44.5 Å². The standard InChI is InChI=1S/C13H15NO2S/c1-15-13-7-11(14)5-4-10(13)8-16-9-12-3-2-6-17-12/h2-7H,8-9,14H2,1H3. The second-order valence-electron chi connectivity index (χ2n) is 3.64. The molecule has 0 aliphatic carbocycles. The van der Waals surface area contributed by atoms with E-state index in [1.54, 1.807) is 18.4 Å². The van der Waals surface area contributed by atoms with Gasteiger partial charge in [0.05, 0.1) is 20.3 Å². The molecule has 0 aliphatic rings. The molecule has 0 amide bonds. The van der Waals surface area contributed by atoms with E-state index in [0.29, 0.717) is 18.9 Å². The van der Waals surface area contributed by atoms with E-state index >= 15 is 0 Å². The number of hydrogen-bond acceptors (Lipinski definition) is 4. The smallest absolute Gasteiger partial charge is 0.126 e. The number of anilines is 1. The Morgan fingerprint density at radius 3 is 2.82 bits per heavy atom. The molecule has 2 N–H and O–H groups in total. The summed E-state index contributed by atoms with van der Waals surface area (Å²) in [4.78, 5) is 1.22. The Hall–Kier alpha value is -1.52. The van der Waals surface area contributed by atoms with Gasteiger partial charge in [-0.1, -0.05) is 12.1 Å². The molecule has 0 aliphatic heterocycles. The molecule has 1 heterocycles. The van der Waals surface area contributed by atoms with E-state index in [2.05, 4.69) is 6.07 Å². The summed E-state index contributed by atoms with van der Waals surface area (Å²) in [5, 5.41) is 2.04. The van der Waals surface area contributed by atoms with E-state index in [1.807, 2.05) is 29.6 Å². The van der Waals surface area contributed by atoms with E-state index in [9.17, 15) is 0 Å². The van der Waals surface area contributed by atoms with Gasteiger partial charge in [0.2, 0.25) is 0 Å². The highest BCUT2D eigenvalue weighted by molar-refractivity contribution is 7.09. The number of ether oxygens (including phenoxy) is 2. The molecule has 0 unspecified atom stereocenters. The van der Waals surface area contributed by atoms with Crippen LogP contribution in [0.15, 0.2) is 35.7 Å². The summed E-state index contributed by atoms with van der Waals surface area (Å²) in [5.74, 6) is 0.774. The molecule has 0 spiro atoms. The second-order valence-corrected chi connectivity index (χ2v) is 4.68. The highest BCUT2D eigenvalue weighted by Gasteiger charge is 2.03. The first-order valence-corrected chi connectivity index (χ1v) is 6.20. The summed E-state index contributed by atoms with van der Waals surface area (Å²) in [5.41, 5.74) is 7.40. The molecule has 0 fully saturated rings. The van der Waals surface area contributed by atoms with Crippen molar-refractivity contribution in [3.8, 4) is 5.75 Å². The minimum atomic E-state index is 0.529. The van der Waals surface area contributed by atoms with Crippen molar-refractivity contribution in [1.82, 2.24) is 0 Å². The summed E-state index contributed by atoms with van der Waals surface area (Å²) < 4.78 is 10.9. The normalized spacial score (nSPS) is 10.4.